The summed E-state index contributed by atoms with van der Waals surface area (Å²) in [5.74, 6) is -0.858. The molecule has 3 N–H and O–H groups in total. The molecule has 0 radical (unpaired) electrons. The van der Waals surface area contributed by atoms with Crippen molar-refractivity contribution in [3.63, 3.8) is 0 Å². The van der Waals surface area contributed by atoms with E-state index in [-0.39, 0.29) is 32.6 Å². The maximum atomic E-state index is 12.6. The van der Waals surface area contributed by atoms with Gasteiger partial charge in [-0.2, -0.15) is 0 Å². The molecule has 0 heterocycles. The van der Waals surface area contributed by atoms with E-state index < -0.39 is 32.5 Å². The Hall–Kier alpha value is -3.07. The molecule has 0 spiro atoms. The molecule has 2 atom stereocenters. The SMILES string of the molecule is CC/C=C\C/C=C\C/C=C\C/C=C\C/C=C\C/C=C\C/C=C\CCCCCCCCCC(=O)OC(COC(=O)CCCCCCC/C=C\CCCCCC)COP(=O)(O)OCCN. The second kappa shape index (κ2) is 48.4. The summed E-state index contributed by atoms with van der Waals surface area (Å²) in [6.07, 6.45) is 63.0. The van der Waals surface area contributed by atoms with E-state index in [1.165, 1.54) is 51.4 Å². The van der Waals surface area contributed by atoms with Gasteiger partial charge < -0.3 is 20.1 Å². The number of rotatable bonds is 45. The minimum Gasteiger partial charge on any atom is -0.462 e. The number of hydrogen-bond donors (Lipinski definition) is 2. The van der Waals surface area contributed by atoms with Crippen LogP contribution >= 0.6 is 7.82 Å². The number of nitrogens with two attached hydrogens (primary N) is 1. The fourth-order valence-corrected chi connectivity index (χ4v) is 7.08. The first-order chi connectivity index (χ1) is 30.8. The fraction of sp³-hybridized carbons (Fsp3) is 0.660. The minimum absolute atomic E-state index is 0.0455. The second-order valence-electron chi connectivity index (χ2n) is 15.9. The summed E-state index contributed by atoms with van der Waals surface area (Å²) in [7, 11) is -4.39. The second-order valence-corrected chi connectivity index (χ2v) is 17.4. The molecule has 360 valence electrons. The van der Waals surface area contributed by atoms with Crippen molar-refractivity contribution in [3.8, 4) is 0 Å². The van der Waals surface area contributed by atoms with Crippen LogP contribution in [0.4, 0.5) is 0 Å². The smallest absolute Gasteiger partial charge is 0.462 e. The van der Waals surface area contributed by atoms with Gasteiger partial charge in [0.25, 0.3) is 0 Å². The van der Waals surface area contributed by atoms with E-state index >= 15 is 0 Å². The maximum absolute atomic E-state index is 12.6. The molecule has 0 aromatic carbocycles. The summed E-state index contributed by atoms with van der Waals surface area (Å²) < 4.78 is 32.8. The van der Waals surface area contributed by atoms with Gasteiger partial charge in [0.1, 0.15) is 6.61 Å². The molecule has 0 aromatic rings. The molecule has 0 bridgehead atoms. The Morgan fingerprint density at radius 3 is 1.32 bits per heavy atom. The molecule has 0 amide bonds. The molecule has 0 aliphatic heterocycles. The lowest BCUT2D eigenvalue weighted by Gasteiger charge is -2.19. The Bertz CT molecular complexity index is 1350. The predicted octanol–water partition coefficient (Wildman–Crippen LogP) is 14.9. The number of hydrogen-bond acceptors (Lipinski definition) is 8. The lowest BCUT2D eigenvalue weighted by atomic mass is 10.1. The first-order valence-electron chi connectivity index (χ1n) is 24.7. The average molecular weight is 900 g/mol. The summed E-state index contributed by atoms with van der Waals surface area (Å²) in [6.45, 7) is 3.57. The zero-order valence-corrected chi connectivity index (χ0v) is 40.7. The van der Waals surface area contributed by atoms with Crippen LogP contribution in [0.5, 0.6) is 0 Å². The predicted molar refractivity (Wildman–Crippen MR) is 265 cm³/mol. The van der Waals surface area contributed by atoms with Crippen molar-refractivity contribution in [3.05, 3.63) is 97.2 Å². The number of unbranched alkanes of at least 4 members (excludes halogenated alkanes) is 16. The van der Waals surface area contributed by atoms with Crippen molar-refractivity contribution in [1.82, 2.24) is 0 Å². The molecule has 2 unspecified atom stereocenters. The van der Waals surface area contributed by atoms with E-state index in [0.717, 1.165) is 103 Å². The summed E-state index contributed by atoms with van der Waals surface area (Å²) in [4.78, 5) is 35.0. The van der Waals surface area contributed by atoms with Crippen molar-refractivity contribution in [1.29, 1.82) is 0 Å². The number of allylic oxidation sites excluding steroid dienone is 16. The van der Waals surface area contributed by atoms with Crippen LogP contribution in [0.3, 0.4) is 0 Å². The Labute approximate surface area is 385 Å². The minimum atomic E-state index is -4.39. The quantitative estimate of drug-likeness (QED) is 0.0265. The van der Waals surface area contributed by atoms with Gasteiger partial charge in [0.15, 0.2) is 6.10 Å². The van der Waals surface area contributed by atoms with E-state index in [9.17, 15) is 19.0 Å². The molecular weight excluding hydrogens is 810 g/mol. The van der Waals surface area contributed by atoms with Crippen molar-refractivity contribution >= 4 is 19.8 Å². The van der Waals surface area contributed by atoms with E-state index in [2.05, 4.69) is 111 Å². The molecule has 0 saturated carbocycles. The third kappa shape index (κ3) is 48.2. The zero-order chi connectivity index (χ0) is 46.0. The number of phosphoric acid groups is 1. The topological polar surface area (TPSA) is 134 Å². The van der Waals surface area contributed by atoms with Crippen LogP contribution < -0.4 is 5.73 Å². The highest BCUT2D eigenvalue weighted by molar-refractivity contribution is 7.47. The number of carbonyl (C=O) groups excluding carboxylic acids is 2. The van der Waals surface area contributed by atoms with Crippen LogP contribution in [0, 0.1) is 0 Å². The lowest BCUT2D eigenvalue weighted by Crippen LogP contribution is -2.29. The highest BCUT2D eigenvalue weighted by atomic mass is 31.2. The molecule has 0 rings (SSSR count). The Kier molecular flexibility index (Phi) is 46.0. The summed E-state index contributed by atoms with van der Waals surface area (Å²) in [5.41, 5.74) is 5.36. The van der Waals surface area contributed by atoms with Crippen molar-refractivity contribution in [2.24, 2.45) is 5.73 Å². The van der Waals surface area contributed by atoms with Crippen LogP contribution in [0.25, 0.3) is 0 Å². The molecule has 10 heteroatoms. The third-order valence-electron chi connectivity index (χ3n) is 9.95. The summed E-state index contributed by atoms with van der Waals surface area (Å²) in [5, 5.41) is 0. The highest BCUT2D eigenvalue weighted by Gasteiger charge is 2.26. The van der Waals surface area contributed by atoms with E-state index in [1.54, 1.807) is 0 Å². The Balaban J connectivity index is 4.09. The van der Waals surface area contributed by atoms with Crippen LogP contribution in [0.15, 0.2) is 97.2 Å². The average Bonchev–Trinajstić information content (AvgIpc) is 3.27. The molecule has 0 aliphatic rings. The van der Waals surface area contributed by atoms with Gasteiger partial charge in [0, 0.05) is 19.4 Å². The van der Waals surface area contributed by atoms with Gasteiger partial charge in [-0.05, 0) is 96.3 Å². The number of carbonyl (C=O) groups is 2. The van der Waals surface area contributed by atoms with Crippen molar-refractivity contribution in [2.45, 2.75) is 200 Å². The molecule has 63 heavy (non-hydrogen) atoms. The molecular formula is C53H90NO8P. The first-order valence-corrected chi connectivity index (χ1v) is 26.2. The standard InChI is InChI=1S/C53H90NO8P/c1-3-5-7-9-11-13-15-17-18-19-20-21-22-23-24-25-26-27-28-29-30-31-32-34-36-38-40-42-44-46-53(56)62-51(50-61-63(57,58)60-48-47-54)49-59-52(55)45-43-41-39-37-35-33-16-14-12-10-8-6-4-2/h5,7,11,13-14,16-18,20-21,23-24,26-27,29-30,51H,3-4,6,8-10,12,15,19,22,25,28,31-50,54H2,1-2H3,(H,57,58)/b7-5-,13-11-,16-14-,18-17-,21-20-,24-23-,27-26-,30-29-. The van der Waals surface area contributed by atoms with Crippen molar-refractivity contribution < 1.29 is 37.6 Å². The maximum Gasteiger partial charge on any atom is 0.472 e. The van der Waals surface area contributed by atoms with Gasteiger partial charge in [-0.1, -0.05) is 182 Å². The van der Waals surface area contributed by atoms with E-state index in [4.69, 9.17) is 24.3 Å². The largest absolute Gasteiger partial charge is 0.472 e. The van der Waals surface area contributed by atoms with Crippen molar-refractivity contribution in [2.75, 3.05) is 26.4 Å². The molecule has 0 aliphatic carbocycles. The molecule has 0 aromatic heterocycles. The molecule has 0 saturated heterocycles. The van der Waals surface area contributed by atoms with E-state index in [1.807, 2.05) is 0 Å². The number of ether oxygens (including phenoxy) is 2. The van der Waals surface area contributed by atoms with Crippen LogP contribution in [0.1, 0.15) is 194 Å². The monoisotopic (exact) mass is 900 g/mol. The zero-order valence-electron chi connectivity index (χ0n) is 39.8. The lowest BCUT2D eigenvalue weighted by molar-refractivity contribution is -0.161. The van der Waals surface area contributed by atoms with E-state index in [0.29, 0.717) is 12.8 Å². The van der Waals surface area contributed by atoms with Gasteiger partial charge in [0.05, 0.1) is 13.2 Å². The molecule has 9 nitrogen and oxygen atoms in total. The fourth-order valence-electron chi connectivity index (χ4n) is 6.31. The van der Waals surface area contributed by atoms with Gasteiger partial charge in [0.2, 0.25) is 0 Å². The van der Waals surface area contributed by atoms with Crippen LogP contribution in [-0.4, -0.2) is 49.3 Å². The summed E-state index contributed by atoms with van der Waals surface area (Å²) in [6, 6.07) is 0. The van der Waals surface area contributed by atoms with Crippen LogP contribution in [0.2, 0.25) is 0 Å². The Morgan fingerprint density at radius 2 is 0.873 bits per heavy atom. The van der Waals surface area contributed by atoms with Gasteiger partial charge in [-0.3, -0.25) is 18.6 Å². The van der Waals surface area contributed by atoms with Gasteiger partial charge in [-0.25, -0.2) is 4.57 Å². The normalized spacial score (nSPS) is 14.0. The van der Waals surface area contributed by atoms with Gasteiger partial charge >= 0.3 is 19.8 Å². The molecule has 0 fully saturated rings. The van der Waals surface area contributed by atoms with Gasteiger partial charge in [-0.15, -0.1) is 0 Å². The number of esters is 2. The highest BCUT2D eigenvalue weighted by Crippen LogP contribution is 2.43. The first kappa shape index (κ1) is 59.9. The summed E-state index contributed by atoms with van der Waals surface area (Å²) >= 11 is 0. The number of phosphoric ester groups is 1. The third-order valence-corrected chi connectivity index (χ3v) is 10.9. The Morgan fingerprint density at radius 1 is 0.492 bits per heavy atom. The van der Waals surface area contributed by atoms with Crippen LogP contribution in [-0.2, 0) is 32.7 Å².